The third-order valence-electron chi connectivity index (χ3n) is 5.53. The molecule has 1 N–H and O–H groups in total. The molecule has 1 aromatic carbocycles. The minimum Gasteiger partial charge on any atom is -0.334 e. The number of benzene rings is 1. The lowest BCUT2D eigenvalue weighted by molar-refractivity contribution is 0.193. The Morgan fingerprint density at radius 1 is 1.18 bits per heavy atom. The third kappa shape index (κ3) is 5.80. The van der Waals surface area contributed by atoms with Crippen LogP contribution in [-0.4, -0.2) is 47.0 Å². The quantitative estimate of drug-likeness (QED) is 0.796. The molecule has 5 heteroatoms. The molecule has 0 radical (unpaired) electrons. The number of nitrogens with one attached hydrogen (secondary N) is 1. The predicted octanol–water partition coefficient (Wildman–Crippen LogP) is 3.76. The van der Waals surface area contributed by atoms with Gasteiger partial charge in [-0.1, -0.05) is 24.3 Å². The molecule has 2 heterocycles. The fourth-order valence-corrected chi connectivity index (χ4v) is 3.61. The maximum atomic E-state index is 12.5. The van der Waals surface area contributed by atoms with Gasteiger partial charge in [-0.05, 0) is 68.6 Å². The van der Waals surface area contributed by atoms with Crippen LogP contribution in [0.25, 0.3) is 0 Å². The summed E-state index contributed by atoms with van der Waals surface area (Å²) >= 11 is 0. The summed E-state index contributed by atoms with van der Waals surface area (Å²) in [6, 6.07) is 12.7. The van der Waals surface area contributed by atoms with Gasteiger partial charge in [0.1, 0.15) is 0 Å². The summed E-state index contributed by atoms with van der Waals surface area (Å²) in [5.41, 5.74) is 4.67. The number of likely N-dealkylation sites (tertiary alicyclic amines) is 1. The van der Waals surface area contributed by atoms with Crippen LogP contribution >= 0.6 is 0 Å². The van der Waals surface area contributed by atoms with Gasteiger partial charge in [0, 0.05) is 44.5 Å². The molecule has 0 aliphatic carbocycles. The van der Waals surface area contributed by atoms with Crippen LogP contribution in [0.1, 0.15) is 42.1 Å². The topological polar surface area (TPSA) is 48.5 Å². The molecule has 1 aliphatic heterocycles. The lowest BCUT2D eigenvalue weighted by Crippen LogP contribution is -2.43. The molecular formula is C23H32N4O. The summed E-state index contributed by atoms with van der Waals surface area (Å²) < 4.78 is 0. The van der Waals surface area contributed by atoms with E-state index in [1.54, 1.807) is 4.90 Å². The van der Waals surface area contributed by atoms with Crippen LogP contribution < -0.4 is 5.32 Å². The Kier molecular flexibility index (Phi) is 7.04. The van der Waals surface area contributed by atoms with Crippen molar-refractivity contribution in [2.24, 2.45) is 0 Å². The van der Waals surface area contributed by atoms with E-state index in [1.807, 2.05) is 19.3 Å². The Morgan fingerprint density at radius 3 is 2.54 bits per heavy atom. The van der Waals surface area contributed by atoms with E-state index in [4.69, 9.17) is 0 Å². The van der Waals surface area contributed by atoms with E-state index in [-0.39, 0.29) is 12.1 Å². The number of aryl methyl sites for hydroxylation is 1. The van der Waals surface area contributed by atoms with Gasteiger partial charge in [-0.15, -0.1) is 0 Å². The van der Waals surface area contributed by atoms with Crippen LogP contribution in [0.2, 0.25) is 0 Å². The number of urea groups is 1. The minimum absolute atomic E-state index is 0.0544. The highest BCUT2D eigenvalue weighted by Crippen LogP contribution is 2.13. The molecule has 2 amide bonds. The predicted molar refractivity (Wildman–Crippen MR) is 113 cm³/mol. The minimum atomic E-state index is -0.0544. The van der Waals surface area contributed by atoms with Crippen molar-refractivity contribution in [3.8, 4) is 0 Å². The van der Waals surface area contributed by atoms with Crippen LogP contribution in [0.3, 0.4) is 0 Å². The first-order chi connectivity index (χ1) is 13.5. The van der Waals surface area contributed by atoms with Crippen molar-refractivity contribution in [2.45, 2.75) is 52.2 Å². The molecule has 1 aliphatic rings. The van der Waals surface area contributed by atoms with Gasteiger partial charge < -0.3 is 10.2 Å². The number of carbonyl (C=O) groups is 1. The molecule has 2 aromatic rings. The molecule has 150 valence electrons. The molecule has 1 fully saturated rings. The number of aromatic nitrogens is 1. The molecule has 0 saturated carbocycles. The molecule has 0 bridgehead atoms. The third-order valence-corrected chi connectivity index (χ3v) is 5.53. The largest absolute Gasteiger partial charge is 0.334 e. The summed E-state index contributed by atoms with van der Waals surface area (Å²) in [4.78, 5) is 21.1. The second-order valence-corrected chi connectivity index (χ2v) is 7.95. The fraction of sp³-hybridized carbons (Fsp3) is 0.478. The number of nitrogens with zero attached hydrogens (tertiary/aromatic N) is 3. The first-order valence-electron chi connectivity index (χ1n) is 10.2. The van der Waals surface area contributed by atoms with Gasteiger partial charge in [0.25, 0.3) is 0 Å². The van der Waals surface area contributed by atoms with Crippen LogP contribution in [0.4, 0.5) is 4.79 Å². The van der Waals surface area contributed by atoms with Gasteiger partial charge in [-0.2, -0.15) is 0 Å². The summed E-state index contributed by atoms with van der Waals surface area (Å²) in [6.07, 6.45) is 5.20. The van der Waals surface area contributed by atoms with E-state index in [1.165, 1.54) is 37.1 Å². The van der Waals surface area contributed by atoms with Gasteiger partial charge in [0.05, 0.1) is 0 Å². The van der Waals surface area contributed by atoms with Gasteiger partial charge in [0.2, 0.25) is 0 Å². The zero-order valence-corrected chi connectivity index (χ0v) is 17.3. The lowest BCUT2D eigenvalue weighted by Gasteiger charge is -2.25. The van der Waals surface area contributed by atoms with Gasteiger partial charge >= 0.3 is 6.03 Å². The Morgan fingerprint density at radius 2 is 1.86 bits per heavy atom. The summed E-state index contributed by atoms with van der Waals surface area (Å²) in [6.45, 7) is 8.10. The SMILES string of the molecule is Cc1ccnc(C[C@@H](C)N(C)C(=O)NCc2ccc(CN3CCCC3)cc2)c1. The number of hydrogen-bond acceptors (Lipinski definition) is 3. The first-order valence-corrected chi connectivity index (χ1v) is 10.2. The van der Waals surface area contributed by atoms with Gasteiger partial charge in [0.15, 0.2) is 0 Å². The molecule has 1 aromatic heterocycles. The summed E-state index contributed by atoms with van der Waals surface area (Å²) in [5.74, 6) is 0. The van der Waals surface area contributed by atoms with Gasteiger partial charge in [-0.25, -0.2) is 4.79 Å². The molecule has 0 spiro atoms. The van der Waals surface area contributed by atoms with E-state index in [2.05, 4.69) is 59.4 Å². The zero-order valence-electron chi connectivity index (χ0n) is 17.3. The number of likely N-dealkylation sites (N-methyl/N-ethyl adjacent to an activating group) is 1. The van der Waals surface area contributed by atoms with Gasteiger partial charge in [-0.3, -0.25) is 9.88 Å². The Bertz CT molecular complexity index is 768. The van der Waals surface area contributed by atoms with E-state index in [9.17, 15) is 4.79 Å². The van der Waals surface area contributed by atoms with Crippen LogP contribution in [0, 0.1) is 6.92 Å². The second kappa shape index (κ2) is 9.69. The van der Waals surface area contributed by atoms with E-state index in [0.717, 1.165) is 24.2 Å². The average molecular weight is 381 g/mol. The average Bonchev–Trinajstić information content (AvgIpc) is 3.19. The number of carbonyl (C=O) groups excluding carboxylic acids is 1. The summed E-state index contributed by atoms with van der Waals surface area (Å²) in [5, 5.41) is 3.03. The molecule has 5 nitrogen and oxygen atoms in total. The number of rotatable bonds is 7. The van der Waals surface area contributed by atoms with Crippen molar-refractivity contribution in [3.63, 3.8) is 0 Å². The van der Waals surface area contributed by atoms with Crippen molar-refractivity contribution in [3.05, 3.63) is 65.0 Å². The van der Waals surface area contributed by atoms with Crippen molar-refractivity contribution in [1.29, 1.82) is 0 Å². The van der Waals surface area contributed by atoms with Crippen molar-refractivity contribution < 1.29 is 4.79 Å². The first kappa shape index (κ1) is 20.3. The van der Waals surface area contributed by atoms with Crippen molar-refractivity contribution >= 4 is 6.03 Å². The smallest absolute Gasteiger partial charge is 0.317 e. The van der Waals surface area contributed by atoms with Crippen LogP contribution in [0.5, 0.6) is 0 Å². The Hall–Kier alpha value is -2.40. The van der Waals surface area contributed by atoms with Crippen molar-refractivity contribution in [2.75, 3.05) is 20.1 Å². The second-order valence-electron chi connectivity index (χ2n) is 7.95. The Balaban J connectivity index is 1.45. The fourth-order valence-electron chi connectivity index (χ4n) is 3.61. The Labute approximate surface area is 168 Å². The highest BCUT2D eigenvalue weighted by atomic mass is 16.2. The monoisotopic (exact) mass is 380 g/mol. The van der Waals surface area contributed by atoms with Crippen LogP contribution in [0.15, 0.2) is 42.6 Å². The normalized spacial score (nSPS) is 15.4. The van der Waals surface area contributed by atoms with E-state index >= 15 is 0 Å². The molecule has 1 saturated heterocycles. The maximum absolute atomic E-state index is 12.5. The molecule has 28 heavy (non-hydrogen) atoms. The molecular weight excluding hydrogens is 348 g/mol. The zero-order chi connectivity index (χ0) is 19.9. The van der Waals surface area contributed by atoms with E-state index < -0.39 is 0 Å². The number of hydrogen-bond donors (Lipinski definition) is 1. The van der Waals surface area contributed by atoms with Crippen molar-refractivity contribution in [1.82, 2.24) is 20.1 Å². The van der Waals surface area contributed by atoms with E-state index in [0.29, 0.717) is 6.54 Å². The number of amides is 2. The number of pyridine rings is 1. The highest BCUT2D eigenvalue weighted by Gasteiger charge is 2.16. The molecule has 0 unspecified atom stereocenters. The lowest BCUT2D eigenvalue weighted by atomic mass is 10.1. The molecule has 1 atom stereocenters. The molecule has 3 rings (SSSR count). The summed E-state index contributed by atoms with van der Waals surface area (Å²) in [7, 11) is 1.84. The van der Waals surface area contributed by atoms with Crippen LogP contribution in [-0.2, 0) is 19.5 Å². The highest BCUT2D eigenvalue weighted by molar-refractivity contribution is 5.74. The standard InChI is InChI=1S/C23H32N4O/c1-18-10-11-24-22(14-18)15-19(2)26(3)23(28)25-16-20-6-8-21(9-7-20)17-27-12-4-5-13-27/h6-11,14,19H,4-5,12-13,15-17H2,1-3H3,(H,25,28)/t19-/m1/s1. The maximum Gasteiger partial charge on any atom is 0.317 e.